The van der Waals surface area contributed by atoms with Gasteiger partial charge in [0.2, 0.25) is 11.8 Å². The number of carbonyl (C=O) groups is 4. The fourth-order valence-corrected chi connectivity index (χ4v) is 4.39. The number of carbonyl (C=O) groups excluding carboxylic acids is 4. The van der Waals surface area contributed by atoms with E-state index in [9.17, 15) is 19.2 Å². The molecule has 1 aromatic rings. The van der Waals surface area contributed by atoms with Crippen LogP contribution in [0.2, 0.25) is 0 Å². The zero-order valence-electron chi connectivity index (χ0n) is 17.6. The molecule has 7 nitrogen and oxygen atoms in total. The summed E-state index contributed by atoms with van der Waals surface area (Å²) in [5.41, 5.74) is 0.988. The van der Waals surface area contributed by atoms with E-state index >= 15 is 0 Å². The minimum absolute atomic E-state index is 0.172. The molecule has 0 radical (unpaired) electrons. The molecule has 1 N–H and O–H groups in total. The maximum Gasteiger partial charge on any atom is 0.326 e. The molecule has 3 amide bonds. The molecule has 0 spiro atoms. The van der Waals surface area contributed by atoms with Crippen molar-refractivity contribution in [3.8, 4) is 0 Å². The first-order valence-corrected chi connectivity index (χ1v) is 10.8. The number of imide groups is 1. The summed E-state index contributed by atoms with van der Waals surface area (Å²) in [6.45, 7) is 3.10. The lowest BCUT2D eigenvalue weighted by atomic mass is 9.81. The van der Waals surface area contributed by atoms with Gasteiger partial charge in [-0.25, -0.2) is 0 Å². The molecule has 4 atom stereocenters. The molecule has 1 aromatic carbocycles. The van der Waals surface area contributed by atoms with E-state index in [0.29, 0.717) is 12.8 Å². The van der Waals surface area contributed by atoms with E-state index < -0.39 is 24.5 Å². The normalized spacial score (nSPS) is 22.9. The third kappa shape index (κ3) is 4.89. The number of hydrogen-bond acceptors (Lipinski definition) is 5. The van der Waals surface area contributed by atoms with Crippen molar-refractivity contribution >= 4 is 23.7 Å². The van der Waals surface area contributed by atoms with Crippen LogP contribution in [0, 0.1) is 11.8 Å². The lowest BCUT2D eigenvalue weighted by Gasteiger charge is -2.22. The van der Waals surface area contributed by atoms with Gasteiger partial charge in [-0.05, 0) is 31.7 Å². The molecule has 1 aliphatic carbocycles. The van der Waals surface area contributed by atoms with Crippen LogP contribution in [-0.4, -0.2) is 41.2 Å². The molecule has 1 saturated carbocycles. The van der Waals surface area contributed by atoms with Crippen molar-refractivity contribution in [3.63, 3.8) is 0 Å². The zero-order chi connectivity index (χ0) is 21.7. The third-order valence-electron chi connectivity index (χ3n) is 5.99. The molecule has 2 aliphatic rings. The van der Waals surface area contributed by atoms with Gasteiger partial charge in [-0.1, -0.05) is 56.5 Å². The van der Waals surface area contributed by atoms with Crippen LogP contribution >= 0.6 is 0 Å². The lowest BCUT2D eigenvalue weighted by Crippen LogP contribution is -2.41. The summed E-state index contributed by atoms with van der Waals surface area (Å²) >= 11 is 0. The molecule has 162 valence electrons. The second-order valence-corrected chi connectivity index (χ2v) is 8.15. The van der Waals surface area contributed by atoms with Crippen LogP contribution in [0.5, 0.6) is 0 Å². The number of rotatable bonds is 8. The standard InChI is InChI=1S/C23H30N2O5/c1-3-9-19(16-10-5-4-6-11-16)24-21(27)15(2)30-20(26)14-25-22(28)17-12-7-8-13-18(17)23(25)29/h4-6,10-11,15,17-19H,3,7-9,12-14H2,1-2H3,(H,24,27). The highest BCUT2D eigenvalue weighted by Crippen LogP contribution is 2.37. The van der Waals surface area contributed by atoms with Crippen molar-refractivity contribution in [2.45, 2.75) is 64.5 Å². The van der Waals surface area contributed by atoms with Crippen LogP contribution in [-0.2, 0) is 23.9 Å². The van der Waals surface area contributed by atoms with Gasteiger partial charge in [0.25, 0.3) is 5.91 Å². The van der Waals surface area contributed by atoms with Gasteiger partial charge in [-0.15, -0.1) is 0 Å². The van der Waals surface area contributed by atoms with E-state index in [2.05, 4.69) is 5.32 Å². The minimum Gasteiger partial charge on any atom is -0.451 e. The number of fused-ring (bicyclic) bond motifs is 1. The molecule has 4 unspecified atom stereocenters. The largest absolute Gasteiger partial charge is 0.451 e. The molecular weight excluding hydrogens is 384 g/mol. The molecule has 0 aromatic heterocycles. The fraction of sp³-hybridized carbons (Fsp3) is 0.565. The molecule has 30 heavy (non-hydrogen) atoms. The summed E-state index contributed by atoms with van der Waals surface area (Å²) in [5.74, 6) is -2.33. The Labute approximate surface area is 177 Å². The van der Waals surface area contributed by atoms with E-state index in [1.54, 1.807) is 0 Å². The predicted octanol–water partition coefficient (Wildman–Crippen LogP) is 2.75. The predicted molar refractivity (Wildman–Crippen MR) is 110 cm³/mol. The molecule has 0 bridgehead atoms. The monoisotopic (exact) mass is 414 g/mol. The van der Waals surface area contributed by atoms with Crippen molar-refractivity contribution in [2.24, 2.45) is 11.8 Å². The SMILES string of the molecule is CCCC(NC(=O)C(C)OC(=O)CN1C(=O)C2CCCCC2C1=O)c1ccccc1. The highest BCUT2D eigenvalue weighted by molar-refractivity contribution is 6.07. The summed E-state index contributed by atoms with van der Waals surface area (Å²) in [5, 5.41) is 2.93. The number of nitrogens with one attached hydrogen (secondary N) is 1. The van der Waals surface area contributed by atoms with Crippen molar-refractivity contribution in [2.75, 3.05) is 6.54 Å². The molecule has 1 saturated heterocycles. The summed E-state index contributed by atoms with van der Waals surface area (Å²) in [6.07, 6.45) is 3.86. The zero-order valence-corrected chi connectivity index (χ0v) is 17.6. The summed E-state index contributed by atoms with van der Waals surface area (Å²) in [4.78, 5) is 50.9. The molecule has 1 heterocycles. The Hall–Kier alpha value is -2.70. The molecule has 2 fully saturated rings. The van der Waals surface area contributed by atoms with Gasteiger partial charge in [0.1, 0.15) is 6.54 Å². The first-order chi connectivity index (χ1) is 14.4. The average molecular weight is 415 g/mol. The van der Waals surface area contributed by atoms with Crippen LogP contribution in [0.1, 0.15) is 64.0 Å². The van der Waals surface area contributed by atoms with Crippen LogP contribution < -0.4 is 5.32 Å². The summed E-state index contributed by atoms with van der Waals surface area (Å²) < 4.78 is 5.24. The molecular formula is C23H30N2O5. The van der Waals surface area contributed by atoms with Gasteiger partial charge in [0, 0.05) is 0 Å². The Morgan fingerprint density at radius 1 is 1.10 bits per heavy atom. The van der Waals surface area contributed by atoms with Crippen molar-refractivity contribution in [1.29, 1.82) is 0 Å². The van der Waals surface area contributed by atoms with Crippen LogP contribution in [0.4, 0.5) is 0 Å². The van der Waals surface area contributed by atoms with E-state index in [1.807, 2.05) is 37.3 Å². The third-order valence-corrected chi connectivity index (χ3v) is 5.99. The minimum atomic E-state index is -1.02. The number of hydrogen-bond donors (Lipinski definition) is 1. The number of amides is 3. The Morgan fingerprint density at radius 3 is 2.27 bits per heavy atom. The van der Waals surface area contributed by atoms with Gasteiger partial charge in [0.15, 0.2) is 6.10 Å². The van der Waals surface area contributed by atoms with Gasteiger partial charge >= 0.3 is 5.97 Å². The number of nitrogens with zero attached hydrogens (tertiary/aromatic N) is 1. The second-order valence-electron chi connectivity index (χ2n) is 8.15. The first kappa shape index (κ1) is 22.0. The quantitative estimate of drug-likeness (QED) is 0.522. The molecule has 7 heteroatoms. The Bertz CT molecular complexity index is 770. The van der Waals surface area contributed by atoms with E-state index in [0.717, 1.165) is 36.1 Å². The number of likely N-dealkylation sites (tertiary alicyclic amines) is 1. The van der Waals surface area contributed by atoms with Gasteiger partial charge in [-0.2, -0.15) is 0 Å². The fourth-order valence-electron chi connectivity index (χ4n) is 4.39. The average Bonchev–Trinajstić information content (AvgIpc) is 2.99. The highest BCUT2D eigenvalue weighted by atomic mass is 16.5. The van der Waals surface area contributed by atoms with Gasteiger partial charge in [-0.3, -0.25) is 24.1 Å². The topological polar surface area (TPSA) is 92.8 Å². The van der Waals surface area contributed by atoms with E-state index in [4.69, 9.17) is 4.74 Å². The Kier molecular flexibility index (Phi) is 7.24. The maximum absolute atomic E-state index is 12.6. The van der Waals surface area contributed by atoms with Crippen LogP contribution in [0.3, 0.4) is 0 Å². The second kappa shape index (κ2) is 9.87. The smallest absolute Gasteiger partial charge is 0.326 e. The van der Waals surface area contributed by atoms with Crippen LogP contribution in [0.25, 0.3) is 0 Å². The summed E-state index contributed by atoms with van der Waals surface area (Å²) in [7, 11) is 0. The lowest BCUT2D eigenvalue weighted by molar-refractivity contribution is -0.159. The molecule has 3 rings (SSSR count). The van der Waals surface area contributed by atoms with Crippen molar-refractivity contribution < 1.29 is 23.9 Å². The number of esters is 1. The number of benzene rings is 1. The summed E-state index contributed by atoms with van der Waals surface area (Å²) in [6, 6.07) is 9.46. The van der Waals surface area contributed by atoms with Gasteiger partial charge < -0.3 is 10.1 Å². The number of ether oxygens (including phenoxy) is 1. The first-order valence-electron chi connectivity index (χ1n) is 10.8. The highest BCUT2D eigenvalue weighted by Gasteiger charge is 2.48. The maximum atomic E-state index is 12.6. The molecule has 1 aliphatic heterocycles. The van der Waals surface area contributed by atoms with Crippen molar-refractivity contribution in [1.82, 2.24) is 10.2 Å². The Morgan fingerprint density at radius 2 is 1.70 bits per heavy atom. The van der Waals surface area contributed by atoms with Crippen molar-refractivity contribution in [3.05, 3.63) is 35.9 Å². The Balaban J connectivity index is 1.55. The van der Waals surface area contributed by atoms with E-state index in [-0.39, 0.29) is 29.7 Å². The van der Waals surface area contributed by atoms with E-state index in [1.165, 1.54) is 6.92 Å². The van der Waals surface area contributed by atoms with Crippen LogP contribution in [0.15, 0.2) is 30.3 Å². The van der Waals surface area contributed by atoms with Gasteiger partial charge in [0.05, 0.1) is 17.9 Å².